The van der Waals surface area contributed by atoms with Gasteiger partial charge in [0.1, 0.15) is 6.33 Å². The van der Waals surface area contributed by atoms with Gasteiger partial charge in [0.15, 0.2) is 23.1 Å². The van der Waals surface area contributed by atoms with Crippen LogP contribution in [0.1, 0.15) is 0 Å². The maximum Gasteiger partial charge on any atom is 0.164 e. The molecule has 0 atom stereocenters. The third-order valence-corrected chi connectivity index (χ3v) is 8.81. The predicted molar refractivity (Wildman–Crippen MR) is 196 cm³/mol. The lowest BCUT2D eigenvalue weighted by molar-refractivity contribution is 0.977. The second-order valence-corrected chi connectivity index (χ2v) is 11.8. The highest BCUT2D eigenvalue weighted by atomic mass is 15.3. The molecule has 6 nitrogen and oxygen atoms in total. The van der Waals surface area contributed by atoms with Crippen molar-refractivity contribution in [2.75, 3.05) is 0 Å². The molecule has 3 aromatic heterocycles. The van der Waals surface area contributed by atoms with E-state index in [0.717, 1.165) is 66.6 Å². The van der Waals surface area contributed by atoms with Crippen molar-refractivity contribution in [1.82, 2.24) is 29.5 Å². The van der Waals surface area contributed by atoms with Crippen molar-refractivity contribution in [3.63, 3.8) is 0 Å². The lowest BCUT2D eigenvalue weighted by Crippen LogP contribution is -2.01. The summed E-state index contributed by atoms with van der Waals surface area (Å²) in [5.74, 6) is 1.83. The van der Waals surface area contributed by atoms with Gasteiger partial charge >= 0.3 is 0 Å². The van der Waals surface area contributed by atoms with E-state index in [2.05, 4.69) is 115 Å². The molecule has 6 aromatic carbocycles. The van der Waals surface area contributed by atoms with Crippen molar-refractivity contribution in [3.8, 4) is 67.7 Å². The maximum absolute atomic E-state index is 5.05. The Morgan fingerprint density at radius 1 is 0.367 bits per heavy atom. The highest BCUT2D eigenvalue weighted by Crippen LogP contribution is 2.39. The van der Waals surface area contributed by atoms with E-state index in [0.29, 0.717) is 17.5 Å². The summed E-state index contributed by atoms with van der Waals surface area (Å²) in [7, 11) is 0. The molecule has 3 heterocycles. The number of benzene rings is 6. The molecule has 0 saturated heterocycles. The molecule has 9 aromatic rings. The van der Waals surface area contributed by atoms with Crippen molar-refractivity contribution in [2.45, 2.75) is 0 Å². The number of aromatic nitrogens is 6. The largest absolute Gasteiger partial charge is 0.215 e. The van der Waals surface area contributed by atoms with Gasteiger partial charge in [0.05, 0.1) is 5.69 Å². The molecule has 6 heteroatoms. The van der Waals surface area contributed by atoms with E-state index >= 15 is 0 Å². The summed E-state index contributed by atoms with van der Waals surface area (Å²) in [6.07, 6.45) is 1.63. The fourth-order valence-corrected chi connectivity index (χ4v) is 6.48. The Kier molecular flexibility index (Phi) is 7.02. The normalized spacial score (nSPS) is 11.3. The van der Waals surface area contributed by atoms with E-state index < -0.39 is 0 Å². The molecule has 0 unspecified atom stereocenters. The van der Waals surface area contributed by atoms with Crippen LogP contribution < -0.4 is 0 Å². The number of hydrogen-bond acceptors (Lipinski definition) is 5. The summed E-state index contributed by atoms with van der Waals surface area (Å²) in [5.41, 5.74) is 9.93. The molecule has 9 rings (SSSR count). The number of fused-ring (bicyclic) bond motifs is 2. The topological polar surface area (TPSA) is 68.9 Å². The van der Waals surface area contributed by atoms with Gasteiger partial charge in [0.2, 0.25) is 0 Å². The molecule has 0 radical (unpaired) electrons. The van der Waals surface area contributed by atoms with Crippen molar-refractivity contribution in [3.05, 3.63) is 170 Å². The molecule has 0 amide bonds. The van der Waals surface area contributed by atoms with Gasteiger partial charge in [0, 0.05) is 33.2 Å². The molecule has 0 aliphatic rings. The maximum atomic E-state index is 5.05. The minimum Gasteiger partial charge on any atom is -0.215 e. The van der Waals surface area contributed by atoms with Gasteiger partial charge < -0.3 is 0 Å². The highest BCUT2D eigenvalue weighted by Gasteiger charge is 2.19. The zero-order valence-electron chi connectivity index (χ0n) is 26.3. The molecule has 0 aliphatic carbocycles. The summed E-state index contributed by atoms with van der Waals surface area (Å²) in [4.78, 5) is 19.8. The summed E-state index contributed by atoms with van der Waals surface area (Å²) < 4.78 is 1.95. The molecule has 0 bridgehead atoms. The SMILES string of the molecule is c1ccc(-c2ccc(-c3nc(-c4ccccc4)nc(-c4cccc(-c5c6ccccc6c(-c6ccccc6)c6ncnn56)c4)n3)cc2)cc1. The van der Waals surface area contributed by atoms with Crippen LogP contribution in [-0.2, 0) is 0 Å². The summed E-state index contributed by atoms with van der Waals surface area (Å²) >= 11 is 0. The molecule has 230 valence electrons. The standard InChI is InChI=1S/C43H28N6/c1-4-13-29(14-5-1)30-23-25-33(26-24-30)41-46-40(32-17-8-3-9-18-32)47-42(48-41)35-20-12-19-34(27-35)39-37-22-11-10-21-36(37)38(31-15-6-2-7-16-31)43-44-28-45-49(39)43/h1-28H. The average Bonchev–Trinajstić information content (AvgIpc) is 3.67. The minimum atomic E-state index is 0.595. The van der Waals surface area contributed by atoms with Crippen molar-refractivity contribution < 1.29 is 0 Å². The van der Waals surface area contributed by atoms with E-state index in [1.807, 2.05) is 53.0 Å². The van der Waals surface area contributed by atoms with Crippen LogP contribution >= 0.6 is 0 Å². The number of hydrogen-bond donors (Lipinski definition) is 0. The zero-order valence-corrected chi connectivity index (χ0v) is 26.3. The first-order chi connectivity index (χ1) is 24.3. The van der Waals surface area contributed by atoms with Gasteiger partial charge in [-0.2, -0.15) is 5.10 Å². The summed E-state index contributed by atoms with van der Waals surface area (Å²) in [5, 5.41) is 6.93. The molecular formula is C43H28N6. The Bertz CT molecular complexity index is 2580. The monoisotopic (exact) mass is 628 g/mol. The molecule has 0 N–H and O–H groups in total. The van der Waals surface area contributed by atoms with Crippen molar-refractivity contribution >= 4 is 16.4 Å². The Balaban J connectivity index is 1.20. The first-order valence-electron chi connectivity index (χ1n) is 16.2. The zero-order chi connectivity index (χ0) is 32.6. The van der Waals surface area contributed by atoms with Crippen LogP contribution in [0.3, 0.4) is 0 Å². The quantitative estimate of drug-likeness (QED) is 0.183. The van der Waals surface area contributed by atoms with E-state index in [1.165, 1.54) is 0 Å². The van der Waals surface area contributed by atoms with Gasteiger partial charge in [-0.15, -0.1) is 0 Å². The van der Waals surface area contributed by atoms with Gasteiger partial charge in [-0.3, -0.25) is 0 Å². The van der Waals surface area contributed by atoms with Gasteiger partial charge in [0.25, 0.3) is 0 Å². The first-order valence-corrected chi connectivity index (χ1v) is 16.2. The van der Waals surface area contributed by atoms with E-state index in [1.54, 1.807) is 6.33 Å². The second-order valence-electron chi connectivity index (χ2n) is 11.8. The fourth-order valence-electron chi connectivity index (χ4n) is 6.48. The first kappa shape index (κ1) is 28.4. The van der Waals surface area contributed by atoms with Crippen LogP contribution in [0.5, 0.6) is 0 Å². The number of rotatable bonds is 6. The smallest absolute Gasteiger partial charge is 0.164 e. The Hall–Kier alpha value is -6.79. The van der Waals surface area contributed by atoms with Crippen LogP contribution in [0.25, 0.3) is 84.1 Å². The molecule has 0 fully saturated rings. The van der Waals surface area contributed by atoms with Crippen LogP contribution in [0, 0.1) is 0 Å². The van der Waals surface area contributed by atoms with Gasteiger partial charge in [-0.05, 0) is 28.1 Å². The van der Waals surface area contributed by atoms with E-state index in [-0.39, 0.29) is 0 Å². The Labute approximate surface area is 283 Å². The van der Waals surface area contributed by atoms with Crippen molar-refractivity contribution in [1.29, 1.82) is 0 Å². The minimum absolute atomic E-state index is 0.595. The van der Waals surface area contributed by atoms with Gasteiger partial charge in [-0.25, -0.2) is 24.5 Å². The predicted octanol–water partition coefficient (Wildman–Crippen LogP) is 10.1. The van der Waals surface area contributed by atoms with Crippen LogP contribution in [0.2, 0.25) is 0 Å². The highest BCUT2D eigenvalue weighted by molar-refractivity contribution is 6.08. The molecule has 0 saturated carbocycles. The van der Waals surface area contributed by atoms with Crippen LogP contribution in [0.15, 0.2) is 170 Å². The molecule has 49 heavy (non-hydrogen) atoms. The summed E-state index contributed by atoms with van der Waals surface area (Å²) in [6, 6.07) is 56.0. The third kappa shape index (κ3) is 5.22. The van der Waals surface area contributed by atoms with Crippen LogP contribution in [-0.4, -0.2) is 29.5 Å². The lowest BCUT2D eigenvalue weighted by atomic mass is 9.95. The lowest BCUT2D eigenvalue weighted by Gasteiger charge is -2.15. The molecule has 0 aliphatic heterocycles. The Morgan fingerprint density at radius 3 is 1.51 bits per heavy atom. The fraction of sp³-hybridized carbons (Fsp3) is 0. The van der Waals surface area contributed by atoms with Crippen molar-refractivity contribution in [2.24, 2.45) is 0 Å². The average molecular weight is 629 g/mol. The number of nitrogens with zero attached hydrogens (tertiary/aromatic N) is 6. The molecular weight excluding hydrogens is 601 g/mol. The van der Waals surface area contributed by atoms with Gasteiger partial charge in [-0.1, -0.05) is 158 Å². The second kappa shape index (κ2) is 12.1. The summed E-state index contributed by atoms with van der Waals surface area (Å²) in [6.45, 7) is 0. The number of pyridine rings is 1. The van der Waals surface area contributed by atoms with E-state index in [9.17, 15) is 0 Å². The Morgan fingerprint density at radius 2 is 0.837 bits per heavy atom. The third-order valence-electron chi connectivity index (χ3n) is 8.81. The van der Waals surface area contributed by atoms with E-state index in [4.69, 9.17) is 25.0 Å². The van der Waals surface area contributed by atoms with Crippen LogP contribution in [0.4, 0.5) is 0 Å². The molecule has 0 spiro atoms.